The van der Waals surface area contributed by atoms with Gasteiger partial charge in [0.2, 0.25) is 0 Å². The third kappa shape index (κ3) is 1.43. The summed E-state index contributed by atoms with van der Waals surface area (Å²) in [6, 6.07) is 3.94. The molecule has 0 bridgehead atoms. The van der Waals surface area contributed by atoms with E-state index in [9.17, 15) is 8.78 Å². The molecule has 1 N–H and O–H groups in total. The highest BCUT2D eigenvalue weighted by Crippen LogP contribution is 2.27. The van der Waals surface area contributed by atoms with Gasteiger partial charge in [-0.1, -0.05) is 0 Å². The summed E-state index contributed by atoms with van der Waals surface area (Å²) in [6.45, 7) is -0.0947. The second-order valence-corrected chi connectivity index (χ2v) is 3.84. The fourth-order valence-electron chi connectivity index (χ4n) is 1.17. The first-order chi connectivity index (χ1) is 6.20. The first kappa shape index (κ1) is 8.59. The van der Waals surface area contributed by atoms with Crippen molar-refractivity contribution in [3.63, 3.8) is 0 Å². The maximum atomic E-state index is 12.7. The quantitative estimate of drug-likeness (QED) is 0.750. The van der Waals surface area contributed by atoms with Crippen LogP contribution < -0.4 is 0 Å². The van der Waals surface area contributed by atoms with E-state index in [4.69, 9.17) is 5.11 Å². The molecule has 0 aliphatic heterocycles. The first-order valence-electron chi connectivity index (χ1n) is 3.69. The van der Waals surface area contributed by atoms with Crippen LogP contribution in [0.1, 0.15) is 4.88 Å². The van der Waals surface area contributed by atoms with Gasteiger partial charge in [0.1, 0.15) is 0 Å². The zero-order valence-corrected chi connectivity index (χ0v) is 7.37. The summed E-state index contributed by atoms with van der Waals surface area (Å²) in [5.74, 6) is -1.70. The summed E-state index contributed by atoms with van der Waals surface area (Å²) in [7, 11) is 0. The average molecular weight is 200 g/mol. The van der Waals surface area contributed by atoms with Crippen LogP contribution in [0.15, 0.2) is 18.2 Å². The maximum Gasteiger partial charge on any atom is 0.160 e. The Bertz CT molecular complexity index is 411. The fraction of sp³-hybridized carbons (Fsp3) is 0.111. The number of hydrogen-bond acceptors (Lipinski definition) is 2. The van der Waals surface area contributed by atoms with Crippen molar-refractivity contribution >= 4 is 21.4 Å². The number of hydrogen-bond donors (Lipinski definition) is 1. The van der Waals surface area contributed by atoms with E-state index in [2.05, 4.69) is 0 Å². The van der Waals surface area contributed by atoms with Crippen molar-refractivity contribution in [3.8, 4) is 0 Å². The molecule has 2 rings (SSSR count). The molecule has 0 unspecified atom stereocenters. The number of halogens is 2. The molecular weight excluding hydrogens is 194 g/mol. The standard InChI is InChI=1S/C9H6F2OS/c10-7-2-5-1-6(4-12)13-9(5)3-8(7)11/h1-3,12H,4H2. The zero-order valence-electron chi connectivity index (χ0n) is 6.55. The largest absolute Gasteiger partial charge is 0.391 e. The normalized spacial score (nSPS) is 11.0. The van der Waals surface area contributed by atoms with Crippen LogP contribution in [-0.4, -0.2) is 5.11 Å². The van der Waals surface area contributed by atoms with Gasteiger partial charge in [-0.15, -0.1) is 11.3 Å². The van der Waals surface area contributed by atoms with Crippen molar-refractivity contribution in [1.29, 1.82) is 0 Å². The van der Waals surface area contributed by atoms with Gasteiger partial charge in [-0.05, 0) is 23.6 Å². The summed E-state index contributed by atoms with van der Waals surface area (Å²) in [5.41, 5.74) is 0. The maximum absolute atomic E-state index is 12.7. The van der Waals surface area contributed by atoms with Crippen LogP contribution in [0.5, 0.6) is 0 Å². The summed E-state index contributed by atoms with van der Waals surface area (Å²) < 4.78 is 26.1. The highest BCUT2D eigenvalue weighted by molar-refractivity contribution is 7.19. The Labute approximate surface area is 77.2 Å². The van der Waals surface area contributed by atoms with E-state index in [0.29, 0.717) is 15.0 Å². The molecule has 4 heteroatoms. The average Bonchev–Trinajstić information content (AvgIpc) is 2.48. The Balaban J connectivity index is 2.70. The molecule has 1 aromatic carbocycles. The number of thiophene rings is 1. The van der Waals surface area contributed by atoms with E-state index in [1.54, 1.807) is 6.07 Å². The van der Waals surface area contributed by atoms with Crippen LogP contribution in [-0.2, 0) is 6.61 Å². The van der Waals surface area contributed by atoms with Crippen LogP contribution in [0, 0.1) is 11.6 Å². The van der Waals surface area contributed by atoms with Crippen molar-refractivity contribution in [2.75, 3.05) is 0 Å². The van der Waals surface area contributed by atoms with Crippen molar-refractivity contribution < 1.29 is 13.9 Å². The van der Waals surface area contributed by atoms with Crippen LogP contribution in [0.4, 0.5) is 8.78 Å². The van der Waals surface area contributed by atoms with E-state index >= 15 is 0 Å². The van der Waals surface area contributed by atoms with Crippen LogP contribution in [0.25, 0.3) is 10.1 Å². The predicted molar refractivity (Wildman–Crippen MR) is 47.7 cm³/mol. The van der Waals surface area contributed by atoms with Crippen LogP contribution >= 0.6 is 11.3 Å². The van der Waals surface area contributed by atoms with Gasteiger partial charge in [-0.3, -0.25) is 0 Å². The highest BCUT2D eigenvalue weighted by atomic mass is 32.1. The molecule has 1 heterocycles. The van der Waals surface area contributed by atoms with Crippen molar-refractivity contribution in [3.05, 3.63) is 34.7 Å². The minimum absolute atomic E-state index is 0.0947. The van der Waals surface area contributed by atoms with Gasteiger partial charge in [-0.2, -0.15) is 0 Å². The third-order valence-electron chi connectivity index (χ3n) is 1.77. The molecule has 0 fully saturated rings. The topological polar surface area (TPSA) is 20.2 Å². The van der Waals surface area contributed by atoms with Crippen molar-refractivity contribution in [1.82, 2.24) is 0 Å². The van der Waals surface area contributed by atoms with E-state index in [1.165, 1.54) is 11.3 Å². The minimum Gasteiger partial charge on any atom is -0.391 e. The van der Waals surface area contributed by atoms with Gasteiger partial charge in [0.05, 0.1) is 6.61 Å². The van der Waals surface area contributed by atoms with Gasteiger partial charge in [-0.25, -0.2) is 8.78 Å². The molecule has 1 aromatic heterocycles. The SMILES string of the molecule is OCc1cc2cc(F)c(F)cc2s1. The van der Waals surface area contributed by atoms with Gasteiger partial charge in [0.25, 0.3) is 0 Å². The van der Waals surface area contributed by atoms with Gasteiger partial charge in [0.15, 0.2) is 11.6 Å². The first-order valence-corrected chi connectivity index (χ1v) is 4.50. The lowest BCUT2D eigenvalue weighted by Crippen LogP contribution is -1.80. The fourth-order valence-corrected chi connectivity index (χ4v) is 2.10. The van der Waals surface area contributed by atoms with Crippen LogP contribution in [0.3, 0.4) is 0 Å². The lowest BCUT2D eigenvalue weighted by Gasteiger charge is -1.91. The van der Waals surface area contributed by atoms with E-state index in [1.807, 2.05) is 0 Å². The molecule has 0 radical (unpaired) electrons. The number of aliphatic hydroxyl groups excluding tert-OH is 1. The second-order valence-electron chi connectivity index (χ2n) is 2.67. The smallest absolute Gasteiger partial charge is 0.160 e. The monoisotopic (exact) mass is 200 g/mol. The summed E-state index contributed by atoms with van der Waals surface area (Å²) >= 11 is 1.26. The molecule has 0 aliphatic carbocycles. The lowest BCUT2D eigenvalue weighted by atomic mass is 10.2. The Hall–Kier alpha value is -1.000. The highest BCUT2D eigenvalue weighted by Gasteiger charge is 2.06. The molecule has 0 aliphatic rings. The molecule has 68 valence electrons. The molecule has 2 aromatic rings. The molecular formula is C9H6F2OS. The molecule has 0 saturated heterocycles. The number of rotatable bonds is 1. The number of aliphatic hydroxyl groups is 1. The van der Waals surface area contributed by atoms with Gasteiger partial charge in [0, 0.05) is 9.58 Å². The Morgan fingerprint density at radius 3 is 2.54 bits per heavy atom. The van der Waals surface area contributed by atoms with E-state index in [-0.39, 0.29) is 6.61 Å². The Morgan fingerprint density at radius 2 is 1.85 bits per heavy atom. The van der Waals surface area contributed by atoms with Gasteiger partial charge >= 0.3 is 0 Å². The predicted octanol–water partition coefficient (Wildman–Crippen LogP) is 2.67. The summed E-state index contributed by atoms with van der Waals surface area (Å²) in [4.78, 5) is 0.708. The molecule has 0 spiro atoms. The molecule has 13 heavy (non-hydrogen) atoms. The summed E-state index contributed by atoms with van der Waals surface area (Å²) in [6.07, 6.45) is 0. The summed E-state index contributed by atoms with van der Waals surface area (Å²) in [5, 5.41) is 9.43. The van der Waals surface area contributed by atoms with Crippen molar-refractivity contribution in [2.45, 2.75) is 6.61 Å². The zero-order chi connectivity index (χ0) is 9.42. The second kappa shape index (κ2) is 3.05. The van der Waals surface area contributed by atoms with Crippen LogP contribution in [0.2, 0.25) is 0 Å². The van der Waals surface area contributed by atoms with E-state index in [0.717, 1.165) is 12.1 Å². The molecule has 0 amide bonds. The third-order valence-corrected chi connectivity index (χ3v) is 2.85. The molecule has 1 nitrogen and oxygen atoms in total. The van der Waals surface area contributed by atoms with Gasteiger partial charge < -0.3 is 5.11 Å². The van der Waals surface area contributed by atoms with E-state index < -0.39 is 11.6 Å². The lowest BCUT2D eigenvalue weighted by molar-refractivity contribution is 0.285. The molecule has 0 atom stereocenters. The Kier molecular flexibility index (Phi) is 2.01. The Morgan fingerprint density at radius 1 is 1.15 bits per heavy atom. The van der Waals surface area contributed by atoms with Crippen molar-refractivity contribution in [2.24, 2.45) is 0 Å². The number of fused-ring (bicyclic) bond motifs is 1. The number of benzene rings is 1. The minimum atomic E-state index is -0.852. The molecule has 0 saturated carbocycles.